The van der Waals surface area contributed by atoms with Gasteiger partial charge >= 0.3 is 0 Å². The molecule has 2 aliphatic rings. The number of anilines is 1. The third kappa shape index (κ3) is 11.5. The number of benzene rings is 3. The molecule has 3 aromatic rings. The maximum Gasteiger partial charge on any atom is 0.251 e. The minimum atomic E-state index is -0.940. The normalized spacial score (nSPS) is 20.5. The number of rotatable bonds is 18. The van der Waals surface area contributed by atoms with Crippen LogP contribution in [0.2, 0.25) is 5.02 Å². The summed E-state index contributed by atoms with van der Waals surface area (Å²) in [6.07, 6.45) is 1.13. The molecule has 0 bridgehead atoms. The van der Waals surface area contributed by atoms with Crippen LogP contribution in [0.4, 0.5) is 5.69 Å². The van der Waals surface area contributed by atoms with Gasteiger partial charge in [0.25, 0.3) is 5.91 Å². The number of carbonyl (C=O) groups excluding carboxylic acids is 4. The first-order valence-electron chi connectivity index (χ1n) is 21.1. The topological polar surface area (TPSA) is 194 Å². The summed E-state index contributed by atoms with van der Waals surface area (Å²) in [5.41, 5.74) is 1.75. The molecule has 1 aliphatic heterocycles. The van der Waals surface area contributed by atoms with Gasteiger partial charge < -0.3 is 35.4 Å². The third-order valence-electron chi connectivity index (χ3n) is 11.9. The van der Waals surface area contributed by atoms with Crippen LogP contribution < -0.4 is 20.7 Å². The minimum absolute atomic E-state index is 0.00703. The van der Waals surface area contributed by atoms with Gasteiger partial charge in [0, 0.05) is 66.7 Å². The molecule has 4 N–H and O–H groups in total. The van der Waals surface area contributed by atoms with E-state index in [4.69, 9.17) is 26.3 Å². The lowest BCUT2D eigenvalue weighted by molar-refractivity contribution is -0.164. The van der Waals surface area contributed by atoms with Gasteiger partial charge in [-0.05, 0) is 78.8 Å². The van der Waals surface area contributed by atoms with Gasteiger partial charge in [0.1, 0.15) is 30.6 Å². The predicted octanol–water partition coefficient (Wildman–Crippen LogP) is 6.60. The van der Waals surface area contributed by atoms with Crippen molar-refractivity contribution < 1.29 is 33.8 Å². The Hall–Kier alpha value is -5.47. The number of hydrogen-bond donors (Lipinski definition) is 4. The standard InChI is InChI=1S/C48H59ClN6O7/c1-46(2,3)41(43(60)55-28-35(56)24-38(55)39(57)21-14-30-10-12-31(26-50)13-11-30)53-40(58)29-61-23-9-8-22-52-34-18-15-32(16-19-34)42(59)54-44-47(4,5)45(48(44,6)7)62-36-20-17-33(27-51)37(49)25-36/h10-13,15-20,25,35,38,41,44-45,52,56H,8-9,14,21-24,28-29H2,1-7H3,(H,53,58)(H,54,59)/t35-,38+,41-,44?,45?/m1/s1. The number of aliphatic hydroxyl groups excluding tert-OH is 1. The van der Waals surface area contributed by atoms with Crippen molar-refractivity contribution in [1.82, 2.24) is 15.5 Å². The van der Waals surface area contributed by atoms with Gasteiger partial charge in [-0.25, -0.2) is 0 Å². The molecule has 0 aromatic heterocycles. The smallest absolute Gasteiger partial charge is 0.251 e. The van der Waals surface area contributed by atoms with Crippen molar-refractivity contribution in [3.8, 4) is 17.9 Å². The number of aryl methyl sites for hydroxylation is 1. The number of Topliss-reactive ketones (excluding diaryl/α,β-unsaturated/α-hetero) is 1. The molecule has 3 amide bonds. The SMILES string of the molecule is CC1(C)C(NC(=O)c2ccc(NCCCCOCC(=O)N[C@H](C(=O)N3C[C@H](O)C[C@H]3C(=O)CCc3ccc(C#N)cc3)C(C)(C)C)cc2)C(C)(C)C1Oc1ccc(C#N)c(Cl)c1. The van der Waals surface area contributed by atoms with Crippen LogP contribution in [-0.2, 0) is 25.5 Å². The average Bonchev–Trinajstić information content (AvgIpc) is 3.63. The molecule has 330 valence electrons. The summed E-state index contributed by atoms with van der Waals surface area (Å²) in [7, 11) is 0. The number of amides is 3. The molecule has 3 aromatic carbocycles. The van der Waals surface area contributed by atoms with Crippen molar-refractivity contribution in [1.29, 1.82) is 10.5 Å². The van der Waals surface area contributed by atoms with Crippen molar-refractivity contribution in [3.05, 3.63) is 94.0 Å². The van der Waals surface area contributed by atoms with E-state index in [0.717, 1.165) is 17.7 Å². The predicted molar refractivity (Wildman–Crippen MR) is 236 cm³/mol. The molecule has 13 nitrogen and oxygen atoms in total. The Morgan fingerprint density at radius 3 is 2.24 bits per heavy atom. The van der Waals surface area contributed by atoms with Crippen molar-refractivity contribution >= 4 is 40.8 Å². The number of likely N-dealkylation sites (tertiary alicyclic amines) is 1. The summed E-state index contributed by atoms with van der Waals surface area (Å²) in [5.74, 6) is -0.636. The van der Waals surface area contributed by atoms with Crippen LogP contribution in [0.25, 0.3) is 0 Å². The second-order valence-electron chi connectivity index (χ2n) is 18.6. The maximum atomic E-state index is 13.9. The second kappa shape index (κ2) is 20.1. The van der Waals surface area contributed by atoms with Crippen molar-refractivity contribution in [2.75, 3.05) is 31.6 Å². The molecule has 1 saturated heterocycles. The summed E-state index contributed by atoms with van der Waals surface area (Å²) < 4.78 is 12.0. The number of carbonyl (C=O) groups is 4. The highest BCUT2D eigenvalue weighted by Crippen LogP contribution is 2.55. The van der Waals surface area contributed by atoms with Crippen LogP contribution >= 0.6 is 11.6 Å². The van der Waals surface area contributed by atoms with E-state index in [0.29, 0.717) is 53.5 Å². The van der Waals surface area contributed by atoms with E-state index in [1.807, 2.05) is 32.9 Å². The lowest BCUT2D eigenvalue weighted by Crippen LogP contribution is -2.74. The average molecular weight is 867 g/mol. The number of nitrogens with zero attached hydrogens (tertiary/aromatic N) is 3. The van der Waals surface area contributed by atoms with E-state index in [9.17, 15) is 29.5 Å². The van der Waals surface area contributed by atoms with Gasteiger partial charge in [-0.2, -0.15) is 10.5 Å². The minimum Gasteiger partial charge on any atom is -0.489 e. The van der Waals surface area contributed by atoms with Crippen LogP contribution in [0.5, 0.6) is 5.75 Å². The fourth-order valence-electron chi connectivity index (χ4n) is 8.84. The zero-order valence-corrected chi connectivity index (χ0v) is 37.5. The van der Waals surface area contributed by atoms with E-state index in [-0.39, 0.29) is 60.7 Å². The van der Waals surface area contributed by atoms with E-state index in [1.165, 1.54) is 4.90 Å². The van der Waals surface area contributed by atoms with Crippen LogP contribution in [0.1, 0.15) is 101 Å². The molecule has 0 radical (unpaired) electrons. The molecule has 5 rings (SSSR count). The number of nitrogens with one attached hydrogen (secondary N) is 3. The van der Waals surface area contributed by atoms with Gasteiger partial charge in [0.2, 0.25) is 11.8 Å². The Bertz CT molecular complexity index is 2160. The van der Waals surface area contributed by atoms with Crippen LogP contribution in [0.3, 0.4) is 0 Å². The summed E-state index contributed by atoms with van der Waals surface area (Å²) in [5, 5.41) is 38.4. The summed E-state index contributed by atoms with van der Waals surface area (Å²) >= 11 is 6.23. The van der Waals surface area contributed by atoms with Crippen molar-refractivity contribution in [2.45, 2.75) is 111 Å². The molecule has 2 fully saturated rings. The molecule has 0 unspecified atom stereocenters. The molecule has 3 atom stereocenters. The van der Waals surface area contributed by atoms with Crippen molar-refractivity contribution in [3.63, 3.8) is 0 Å². The highest BCUT2D eigenvalue weighted by molar-refractivity contribution is 6.31. The second-order valence-corrected chi connectivity index (χ2v) is 19.0. The number of nitriles is 2. The maximum absolute atomic E-state index is 13.9. The highest BCUT2D eigenvalue weighted by atomic mass is 35.5. The Kier molecular flexibility index (Phi) is 15.5. The summed E-state index contributed by atoms with van der Waals surface area (Å²) in [6, 6.07) is 21.5. The Balaban J connectivity index is 1.01. The number of unbranched alkanes of at least 4 members (excludes halogenated alkanes) is 1. The van der Waals surface area contributed by atoms with Crippen molar-refractivity contribution in [2.24, 2.45) is 16.2 Å². The lowest BCUT2D eigenvalue weighted by atomic mass is 9.49. The summed E-state index contributed by atoms with van der Waals surface area (Å²) in [6.45, 7) is 14.5. The molecule has 1 saturated carbocycles. The number of halogens is 1. The number of β-amino-alcohol motifs (C(OH)–C–C–N with tert-alkyl or cyclic N) is 1. The first-order chi connectivity index (χ1) is 29.3. The van der Waals surface area contributed by atoms with E-state index >= 15 is 0 Å². The van der Waals surface area contributed by atoms with E-state index in [1.54, 1.807) is 54.6 Å². The van der Waals surface area contributed by atoms with Gasteiger partial charge in [-0.1, -0.05) is 72.2 Å². The largest absolute Gasteiger partial charge is 0.489 e. The highest BCUT2D eigenvalue weighted by Gasteiger charge is 2.64. The first-order valence-corrected chi connectivity index (χ1v) is 21.5. The molecular formula is C48H59ClN6O7. The van der Waals surface area contributed by atoms with Gasteiger partial charge in [0.15, 0.2) is 5.78 Å². The lowest BCUT2D eigenvalue weighted by Gasteiger charge is -2.63. The Morgan fingerprint density at radius 2 is 1.63 bits per heavy atom. The number of hydrogen-bond acceptors (Lipinski definition) is 10. The number of ether oxygens (including phenoxy) is 2. The van der Waals surface area contributed by atoms with Gasteiger partial charge in [-0.15, -0.1) is 0 Å². The Morgan fingerprint density at radius 1 is 0.952 bits per heavy atom. The van der Waals surface area contributed by atoms with Gasteiger partial charge in [0.05, 0.1) is 34.4 Å². The molecule has 14 heteroatoms. The van der Waals surface area contributed by atoms with Crippen LogP contribution in [0.15, 0.2) is 66.7 Å². The first kappa shape index (κ1) is 47.6. The molecule has 1 heterocycles. The van der Waals surface area contributed by atoms with Crippen LogP contribution in [-0.4, -0.2) is 90.1 Å². The molecule has 0 spiro atoms. The van der Waals surface area contributed by atoms with Gasteiger partial charge in [-0.3, -0.25) is 19.2 Å². The monoisotopic (exact) mass is 866 g/mol. The fourth-order valence-corrected chi connectivity index (χ4v) is 9.05. The zero-order valence-electron chi connectivity index (χ0n) is 36.7. The zero-order chi connectivity index (χ0) is 45.4. The van der Waals surface area contributed by atoms with E-state index in [2.05, 4.69) is 55.8 Å². The molecule has 1 aliphatic carbocycles. The molecule has 62 heavy (non-hydrogen) atoms. The third-order valence-corrected chi connectivity index (χ3v) is 12.3. The quantitative estimate of drug-likeness (QED) is 0.101. The Labute approximate surface area is 370 Å². The number of ketones is 1. The summed E-state index contributed by atoms with van der Waals surface area (Å²) in [4.78, 5) is 54.9. The van der Waals surface area contributed by atoms with Crippen LogP contribution in [0, 0.1) is 38.9 Å². The van der Waals surface area contributed by atoms with E-state index < -0.39 is 35.4 Å². The molecular weight excluding hydrogens is 808 g/mol. The fraction of sp³-hybridized carbons (Fsp3) is 0.500. The number of aliphatic hydroxyl groups is 1.